The molecule has 19 heavy (non-hydrogen) atoms. The fraction of sp³-hybridized carbons (Fsp3) is 0.231. The summed E-state index contributed by atoms with van der Waals surface area (Å²) in [6, 6.07) is 7.94. The normalized spacial score (nSPS) is 11.3. The van der Waals surface area contributed by atoms with Crippen LogP contribution in [0.1, 0.15) is 13.8 Å². The summed E-state index contributed by atoms with van der Waals surface area (Å²) in [5.74, 6) is 1.27. The van der Waals surface area contributed by atoms with Gasteiger partial charge in [0.05, 0.1) is 11.8 Å². The molecule has 0 fully saturated rings. The van der Waals surface area contributed by atoms with Gasteiger partial charge in [0.1, 0.15) is 5.75 Å². The second-order valence-corrected chi connectivity index (χ2v) is 5.32. The van der Waals surface area contributed by atoms with E-state index in [1.807, 2.05) is 47.9 Å². The number of nitrogens with zero attached hydrogens (tertiary/aromatic N) is 3. The Morgan fingerprint density at radius 3 is 2.63 bits per heavy atom. The zero-order valence-electron chi connectivity index (χ0n) is 10.7. The lowest BCUT2D eigenvalue weighted by atomic mass is 10.1. The van der Waals surface area contributed by atoms with Crippen LogP contribution in [0.25, 0.3) is 16.2 Å². The fourth-order valence-corrected chi connectivity index (χ4v) is 2.76. The molecule has 0 aliphatic heterocycles. The number of anilines is 1. The lowest BCUT2D eigenvalue weighted by Crippen LogP contribution is -2.05. The van der Waals surface area contributed by atoms with Gasteiger partial charge in [0.15, 0.2) is 0 Å². The largest absolute Gasteiger partial charge is 0.491 e. The minimum absolute atomic E-state index is 0.173. The number of aromatic nitrogens is 3. The summed E-state index contributed by atoms with van der Waals surface area (Å²) in [7, 11) is 0. The highest BCUT2D eigenvalue weighted by atomic mass is 32.1. The zero-order valence-corrected chi connectivity index (χ0v) is 11.5. The number of thiazole rings is 1. The summed E-state index contributed by atoms with van der Waals surface area (Å²) in [6.45, 7) is 4.02. The van der Waals surface area contributed by atoms with Crippen LogP contribution in [0.3, 0.4) is 0 Å². The molecule has 5 nitrogen and oxygen atoms in total. The van der Waals surface area contributed by atoms with Crippen molar-refractivity contribution in [1.29, 1.82) is 0 Å². The lowest BCUT2D eigenvalue weighted by molar-refractivity contribution is 0.242. The summed E-state index contributed by atoms with van der Waals surface area (Å²) in [4.78, 5) is 0.801. The summed E-state index contributed by atoms with van der Waals surface area (Å²) in [6.07, 6.45) is 0.173. The first kappa shape index (κ1) is 12.0. The van der Waals surface area contributed by atoms with Crippen LogP contribution in [0.2, 0.25) is 0 Å². The van der Waals surface area contributed by atoms with E-state index in [1.54, 1.807) is 0 Å². The van der Waals surface area contributed by atoms with Crippen molar-refractivity contribution in [2.45, 2.75) is 20.0 Å². The Morgan fingerprint density at radius 1 is 1.21 bits per heavy atom. The molecule has 2 heterocycles. The molecule has 3 rings (SSSR count). The van der Waals surface area contributed by atoms with Gasteiger partial charge in [0.2, 0.25) is 10.9 Å². The predicted molar refractivity (Wildman–Crippen MR) is 76.5 cm³/mol. The van der Waals surface area contributed by atoms with Crippen LogP contribution in [-0.2, 0) is 0 Å². The topological polar surface area (TPSA) is 65.4 Å². The first-order valence-electron chi connectivity index (χ1n) is 6.00. The molecule has 0 bridgehead atoms. The number of hydrogen-bond acceptors (Lipinski definition) is 5. The SMILES string of the molecule is CC(C)Oc1ccc(-c2csc3nnc(N)n23)cc1. The molecule has 0 amide bonds. The van der Waals surface area contributed by atoms with Crippen molar-refractivity contribution < 1.29 is 4.74 Å². The second kappa shape index (κ2) is 4.55. The first-order valence-corrected chi connectivity index (χ1v) is 6.88. The summed E-state index contributed by atoms with van der Waals surface area (Å²) in [5.41, 5.74) is 7.89. The minimum atomic E-state index is 0.173. The van der Waals surface area contributed by atoms with Gasteiger partial charge in [0, 0.05) is 5.38 Å². The molecule has 0 aliphatic rings. The Bertz CT molecular complexity index is 699. The van der Waals surface area contributed by atoms with Gasteiger partial charge in [-0.25, -0.2) is 0 Å². The summed E-state index contributed by atoms with van der Waals surface area (Å²) < 4.78 is 7.48. The smallest absolute Gasteiger partial charge is 0.227 e. The molecule has 0 radical (unpaired) electrons. The van der Waals surface area contributed by atoms with Crippen LogP contribution in [0.5, 0.6) is 5.75 Å². The molecular formula is C13H14N4OS. The van der Waals surface area contributed by atoms with Crippen LogP contribution in [0.4, 0.5) is 5.95 Å². The zero-order chi connectivity index (χ0) is 13.4. The van der Waals surface area contributed by atoms with Gasteiger partial charge in [-0.1, -0.05) is 0 Å². The van der Waals surface area contributed by atoms with Gasteiger partial charge in [-0.2, -0.15) is 0 Å². The van der Waals surface area contributed by atoms with Crippen molar-refractivity contribution in [2.24, 2.45) is 0 Å². The highest BCUT2D eigenvalue weighted by Crippen LogP contribution is 2.28. The molecule has 0 atom stereocenters. The second-order valence-electron chi connectivity index (χ2n) is 4.49. The number of hydrogen-bond donors (Lipinski definition) is 1. The molecular weight excluding hydrogens is 260 g/mol. The first-order chi connectivity index (χ1) is 9.15. The van der Waals surface area contributed by atoms with E-state index in [4.69, 9.17) is 10.5 Å². The maximum absolute atomic E-state index is 5.83. The van der Waals surface area contributed by atoms with Gasteiger partial charge in [-0.05, 0) is 43.7 Å². The van der Waals surface area contributed by atoms with Crippen molar-refractivity contribution in [3.63, 3.8) is 0 Å². The number of fused-ring (bicyclic) bond motifs is 1. The number of nitrogen functional groups attached to an aromatic ring is 1. The average Bonchev–Trinajstić information content (AvgIpc) is 2.94. The van der Waals surface area contributed by atoms with Crippen molar-refractivity contribution in [2.75, 3.05) is 5.73 Å². The van der Waals surface area contributed by atoms with E-state index >= 15 is 0 Å². The van der Waals surface area contributed by atoms with Gasteiger partial charge >= 0.3 is 0 Å². The van der Waals surface area contributed by atoms with Crippen molar-refractivity contribution in [3.05, 3.63) is 29.6 Å². The van der Waals surface area contributed by atoms with E-state index in [-0.39, 0.29) is 6.10 Å². The molecule has 0 unspecified atom stereocenters. The Labute approximate surface area is 114 Å². The summed E-state index contributed by atoms with van der Waals surface area (Å²) >= 11 is 1.52. The standard InChI is InChI=1S/C13H14N4OS/c1-8(2)18-10-5-3-9(4-6-10)11-7-19-13-16-15-12(14)17(11)13/h3-8H,1-2H3,(H2,14,15). The highest BCUT2D eigenvalue weighted by Gasteiger charge is 2.11. The molecule has 6 heteroatoms. The molecule has 0 saturated heterocycles. The molecule has 2 N–H and O–H groups in total. The van der Waals surface area contributed by atoms with Gasteiger partial charge in [0.25, 0.3) is 0 Å². The summed E-state index contributed by atoms with van der Waals surface area (Å²) in [5, 5.41) is 9.90. The van der Waals surface area contributed by atoms with E-state index in [0.29, 0.717) is 5.95 Å². The molecule has 98 valence electrons. The number of rotatable bonds is 3. The third-order valence-corrected chi connectivity index (χ3v) is 3.51. The Hall–Kier alpha value is -2.08. The molecule has 0 spiro atoms. The fourth-order valence-electron chi connectivity index (χ4n) is 1.92. The maximum atomic E-state index is 5.83. The Kier molecular flexibility index (Phi) is 2.87. The van der Waals surface area contributed by atoms with E-state index in [2.05, 4.69) is 10.2 Å². The quantitative estimate of drug-likeness (QED) is 0.797. The lowest BCUT2D eigenvalue weighted by Gasteiger charge is -2.09. The third-order valence-electron chi connectivity index (χ3n) is 2.70. The average molecular weight is 274 g/mol. The number of nitrogens with two attached hydrogens (primary N) is 1. The van der Waals surface area contributed by atoms with Crippen LogP contribution < -0.4 is 10.5 Å². The van der Waals surface area contributed by atoms with Crippen LogP contribution in [0.15, 0.2) is 29.6 Å². The van der Waals surface area contributed by atoms with Gasteiger partial charge in [-0.3, -0.25) is 4.40 Å². The molecule has 1 aromatic carbocycles. The van der Waals surface area contributed by atoms with E-state index < -0.39 is 0 Å². The van der Waals surface area contributed by atoms with Crippen LogP contribution in [0, 0.1) is 0 Å². The molecule has 3 aromatic rings. The Morgan fingerprint density at radius 2 is 1.95 bits per heavy atom. The van der Waals surface area contributed by atoms with Crippen LogP contribution in [-0.4, -0.2) is 20.7 Å². The van der Waals surface area contributed by atoms with E-state index in [9.17, 15) is 0 Å². The molecule has 0 saturated carbocycles. The predicted octanol–water partition coefficient (Wildman–Crippen LogP) is 2.83. The highest BCUT2D eigenvalue weighted by molar-refractivity contribution is 7.15. The van der Waals surface area contributed by atoms with Crippen molar-refractivity contribution >= 4 is 22.2 Å². The van der Waals surface area contributed by atoms with E-state index in [1.165, 1.54) is 11.3 Å². The monoisotopic (exact) mass is 274 g/mol. The molecule has 0 aliphatic carbocycles. The van der Waals surface area contributed by atoms with Crippen LogP contribution >= 0.6 is 11.3 Å². The number of ether oxygens (including phenoxy) is 1. The maximum Gasteiger partial charge on any atom is 0.227 e. The Balaban J connectivity index is 2.00. The van der Waals surface area contributed by atoms with Crippen molar-refractivity contribution in [1.82, 2.24) is 14.6 Å². The molecule has 2 aromatic heterocycles. The number of benzene rings is 1. The van der Waals surface area contributed by atoms with Gasteiger partial charge in [-0.15, -0.1) is 21.5 Å². The van der Waals surface area contributed by atoms with Crippen molar-refractivity contribution in [3.8, 4) is 17.0 Å². The third kappa shape index (κ3) is 2.15. The van der Waals surface area contributed by atoms with E-state index in [0.717, 1.165) is 22.0 Å². The van der Waals surface area contributed by atoms with Gasteiger partial charge < -0.3 is 10.5 Å². The minimum Gasteiger partial charge on any atom is -0.491 e.